The van der Waals surface area contributed by atoms with Gasteiger partial charge in [0.25, 0.3) is 0 Å². The number of rotatable bonds is 2. The average molecular weight is 273 g/mol. The molecule has 1 saturated heterocycles. The number of anilines is 1. The summed E-state index contributed by atoms with van der Waals surface area (Å²) >= 11 is 0. The highest BCUT2D eigenvalue weighted by Gasteiger charge is 2.30. The van der Waals surface area contributed by atoms with Gasteiger partial charge in [-0.05, 0) is 24.3 Å². The van der Waals surface area contributed by atoms with Gasteiger partial charge in [0.1, 0.15) is 6.04 Å². The van der Waals surface area contributed by atoms with Crippen molar-refractivity contribution in [1.29, 1.82) is 0 Å². The van der Waals surface area contributed by atoms with Gasteiger partial charge in [-0.1, -0.05) is 0 Å². The molecule has 0 bridgehead atoms. The molecule has 0 saturated carbocycles. The van der Waals surface area contributed by atoms with Gasteiger partial charge < -0.3 is 5.32 Å². The summed E-state index contributed by atoms with van der Waals surface area (Å²) in [5.74, 6) is -0.800. The zero-order valence-electron chi connectivity index (χ0n) is 9.54. The standard InChI is InChI=1S/C11H10F3N3O2/c12-11(13,14)6-1-3-7(4-2-6)15-10(19)8-5-9(18)17-16-8/h1-4,8,16H,5H2,(H,15,19)(H,17,18). The number of carbonyl (C=O) groups is 2. The average Bonchev–Trinajstić information content (AvgIpc) is 2.75. The number of hydrogen-bond acceptors (Lipinski definition) is 3. The summed E-state index contributed by atoms with van der Waals surface area (Å²) in [6.07, 6.45) is -4.42. The highest BCUT2D eigenvalue weighted by atomic mass is 19.4. The lowest BCUT2D eigenvalue weighted by Crippen LogP contribution is -2.39. The number of halogens is 3. The molecular weight excluding hydrogens is 263 g/mol. The first kappa shape index (κ1) is 13.3. The minimum atomic E-state index is -4.41. The third kappa shape index (κ3) is 3.22. The highest BCUT2D eigenvalue weighted by Crippen LogP contribution is 2.29. The zero-order chi connectivity index (χ0) is 14.0. The molecule has 2 amide bonds. The predicted octanol–water partition coefficient (Wildman–Crippen LogP) is 1.04. The zero-order valence-corrected chi connectivity index (χ0v) is 9.54. The van der Waals surface area contributed by atoms with Gasteiger partial charge in [0.2, 0.25) is 11.8 Å². The van der Waals surface area contributed by atoms with Gasteiger partial charge in [-0.3, -0.25) is 15.0 Å². The molecule has 1 unspecified atom stereocenters. The van der Waals surface area contributed by atoms with E-state index in [4.69, 9.17) is 0 Å². The quantitative estimate of drug-likeness (QED) is 0.754. The largest absolute Gasteiger partial charge is 0.416 e. The van der Waals surface area contributed by atoms with Crippen molar-refractivity contribution in [3.8, 4) is 0 Å². The maximum Gasteiger partial charge on any atom is 0.416 e. The SMILES string of the molecule is O=C1CC(C(=O)Nc2ccc(C(F)(F)F)cc2)NN1. The number of nitrogens with one attached hydrogen (secondary N) is 3. The van der Waals surface area contributed by atoms with Crippen LogP contribution in [0.2, 0.25) is 0 Å². The normalized spacial score (nSPS) is 19.1. The third-order valence-electron chi connectivity index (χ3n) is 2.57. The van der Waals surface area contributed by atoms with E-state index < -0.39 is 23.7 Å². The second-order valence-electron chi connectivity index (χ2n) is 4.01. The summed E-state index contributed by atoms with van der Waals surface area (Å²) in [7, 11) is 0. The molecule has 1 fully saturated rings. The van der Waals surface area contributed by atoms with E-state index in [1.54, 1.807) is 0 Å². The fraction of sp³-hybridized carbons (Fsp3) is 0.273. The van der Waals surface area contributed by atoms with Crippen molar-refractivity contribution >= 4 is 17.5 Å². The van der Waals surface area contributed by atoms with Crippen LogP contribution in [-0.2, 0) is 15.8 Å². The van der Waals surface area contributed by atoms with Gasteiger partial charge in [-0.25, -0.2) is 5.43 Å². The Kier molecular flexibility index (Phi) is 3.43. The molecule has 0 aromatic heterocycles. The van der Waals surface area contributed by atoms with Crippen LogP contribution in [0.3, 0.4) is 0 Å². The molecule has 5 nitrogen and oxygen atoms in total. The number of carbonyl (C=O) groups excluding carboxylic acids is 2. The Hall–Kier alpha value is -2.09. The van der Waals surface area contributed by atoms with Crippen LogP contribution in [0.15, 0.2) is 24.3 Å². The van der Waals surface area contributed by atoms with Crippen molar-refractivity contribution < 1.29 is 22.8 Å². The third-order valence-corrected chi connectivity index (χ3v) is 2.57. The summed E-state index contributed by atoms with van der Waals surface area (Å²) in [6.45, 7) is 0. The molecule has 1 aromatic carbocycles. The minimum Gasteiger partial charge on any atom is -0.325 e. The smallest absolute Gasteiger partial charge is 0.325 e. The van der Waals surface area contributed by atoms with E-state index >= 15 is 0 Å². The summed E-state index contributed by atoms with van der Waals surface area (Å²) < 4.78 is 37.0. The van der Waals surface area contributed by atoms with Gasteiger partial charge in [0.15, 0.2) is 0 Å². The van der Waals surface area contributed by atoms with Gasteiger partial charge in [-0.15, -0.1) is 0 Å². The monoisotopic (exact) mass is 273 g/mol. The van der Waals surface area contributed by atoms with Gasteiger partial charge >= 0.3 is 6.18 Å². The lowest BCUT2D eigenvalue weighted by Gasteiger charge is -2.11. The van der Waals surface area contributed by atoms with Gasteiger partial charge in [-0.2, -0.15) is 13.2 Å². The molecule has 0 spiro atoms. The predicted molar refractivity (Wildman–Crippen MR) is 59.8 cm³/mol. The molecule has 3 N–H and O–H groups in total. The van der Waals surface area contributed by atoms with Crippen LogP contribution in [0.1, 0.15) is 12.0 Å². The van der Waals surface area contributed by atoms with Crippen LogP contribution < -0.4 is 16.2 Å². The van der Waals surface area contributed by atoms with Crippen molar-refractivity contribution in [2.45, 2.75) is 18.6 Å². The molecule has 1 atom stereocenters. The Labute approximate surface area is 106 Å². The highest BCUT2D eigenvalue weighted by molar-refractivity contribution is 5.98. The van der Waals surface area contributed by atoms with Crippen LogP contribution in [-0.4, -0.2) is 17.9 Å². The number of amides is 2. The number of hydrazine groups is 1. The molecule has 2 rings (SSSR count). The first-order valence-corrected chi connectivity index (χ1v) is 5.39. The Bertz CT molecular complexity index is 499. The molecule has 1 aliphatic heterocycles. The molecule has 1 heterocycles. The first-order chi connectivity index (χ1) is 8.86. The molecule has 8 heteroatoms. The van der Waals surface area contributed by atoms with Crippen LogP contribution in [0.4, 0.5) is 18.9 Å². The fourth-order valence-electron chi connectivity index (χ4n) is 1.59. The van der Waals surface area contributed by atoms with E-state index in [0.29, 0.717) is 0 Å². The molecule has 102 valence electrons. The van der Waals surface area contributed by atoms with Gasteiger partial charge in [0.05, 0.1) is 12.0 Å². The number of hydrogen-bond donors (Lipinski definition) is 3. The Balaban J connectivity index is 2.00. The number of alkyl halides is 3. The molecular formula is C11H10F3N3O2. The summed E-state index contributed by atoms with van der Waals surface area (Å²) in [6, 6.07) is 3.34. The minimum absolute atomic E-state index is 0.00747. The fourth-order valence-corrected chi connectivity index (χ4v) is 1.59. The van der Waals surface area contributed by atoms with Crippen LogP contribution >= 0.6 is 0 Å². The molecule has 1 aliphatic rings. The molecule has 1 aromatic rings. The van der Waals surface area contributed by atoms with Crippen molar-refractivity contribution in [2.75, 3.05) is 5.32 Å². The second-order valence-corrected chi connectivity index (χ2v) is 4.01. The van der Waals surface area contributed by atoms with E-state index in [2.05, 4.69) is 16.2 Å². The summed E-state index contributed by atoms with van der Waals surface area (Å²) in [4.78, 5) is 22.5. The van der Waals surface area contributed by atoms with Crippen molar-refractivity contribution in [3.63, 3.8) is 0 Å². The van der Waals surface area contributed by atoms with Gasteiger partial charge in [0, 0.05) is 5.69 Å². The summed E-state index contributed by atoms with van der Waals surface area (Å²) in [5.41, 5.74) is 4.18. The Morgan fingerprint density at radius 3 is 2.37 bits per heavy atom. The van der Waals surface area contributed by atoms with Crippen molar-refractivity contribution in [1.82, 2.24) is 10.9 Å². The Morgan fingerprint density at radius 2 is 1.89 bits per heavy atom. The first-order valence-electron chi connectivity index (χ1n) is 5.39. The van der Waals surface area contributed by atoms with Crippen LogP contribution in [0.25, 0.3) is 0 Å². The molecule has 19 heavy (non-hydrogen) atoms. The molecule has 0 aliphatic carbocycles. The van der Waals surface area contributed by atoms with E-state index in [1.807, 2.05) is 0 Å². The van der Waals surface area contributed by atoms with E-state index in [-0.39, 0.29) is 18.0 Å². The van der Waals surface area contributed by atoms with E-state index in [0.717, 1.165) is 24.3 Å². The lowest BCUT2D eigenvalue weighted by molar-refractivity contribution is -0.137. The van der Waals surface area contributed by atoms with Crippen molar-refractivity contribution in [2.24, 2.45) is 0 Å². The topological polar surface area (TPSA) is 70.2 Å². The number of benzene rings is 1. The van der Waals surface area contributed by atoms with Crippen LogP contribution in [0, 0.1) is 0 Å². The van der Waals surface area contributed by atoms with E-state index in [9.17, 15) is 22.8 Å². The second kappa shape index (κ2) is 4.88. The lowest BCUT2D eigenvalue weighted by atomic mass is 10.2. The van der Waals surface area contributed by atoms with Crippen molar-refractivity contribution in [3.05, 3.63) is 29.8 Å². The maximum absolute atomic E-state index is 12.3. The van der Waals surface area contributed by atoms with Crippen LogP contribution in [0.5, 0.6) is 0 Å². The molecule has 0 radical (unpaired) electrons. The van der Waals surface area contributed by atoms with E-state index in [1.165, 1.54) is 0 Å². The summed E-state index contributed by atoms with van der Waals surface area (Å²) in [5, 5.41) is 2.42. The Morgan fingerprint density at radius 1 is 1.26 bits per heavy atom. The maximum atomic E-state index is 12.3.